The molecule has 0 amide bonds. The Labute approximate surface area is 289 Å². The second-order valence-corrected chi connectivity index (χ2v) is 13.9. The summed E-state index contributed by atoms with van der Waals surface area (Å²) in [6.07, 6.45) is 3.45. The third-order valence-electron chi connectivity index (χ3n) is 8.53. The second-order valence-electron chi connectivity index (χ2n) is 12.1. The number of unbranched alkanes of at least 4 members (excludes halogenated alkanes) is 1. The van der Waals surface area contributed by atoms with E-state index < -0.39 is 0 Å². The van der Waals surface area contributed by atoms with Crippen LogP contribution < -0.4 is 0 Å². The average molecular weight is 732 g/mol. The van der Waals surface area contributed by atoms with E-state index in [1.54, 1.807) is 0 Å². The molecule has 5 aromatic carbocycles. The summed E-state index contributed by atoms with van der Waals surface area (Å²) in [6, 6.07) is 34.5. The predicted octanol–water partition coefficient (Wildman–Crippen LogP) is 12.3. The molecule has 0 atom stereocenters. The summed E-state index contributed by atoms with van der Waals surface area (Å²) in [4.78, 5) is 15.0. The van der Waals surface area contributed by atoms with Crippen LogP contribution >= 0.6 is 31.9 Å². The van der Waals surface area contributed by atoms with Crippen LogP contribution in [0.1, 0.15) is 47.6 Å². The van der Waals surface area contributed by atoms with Crippen LogP contribution in [0, 0.1) is 27.7 Å². The van der Waals surface area contributed by atoms with Crippen LogP contribution in [0.3, 0.4) is 0 Å². The van der Waals surface area contributed by atoms with E-state index in [0.717, 1.165) is 32.1 Å². The van der Waals surface area contributed by atoms with E-state index in [-0.39, 0.29) is 0 Å². The Balaban J connectivity index is 1.41. The third kappa shape index (κ3) is 6.91. The number of benzene rings is 5. The highest BCUT2D eigenvalue weighted by atomic mass is 79.9. The van der Waals surface area contributed by atoms with Crippen LogP contribution in [0.5, 0.6) is 0 Å². The average Bonchev–Trinajstić information content (AvgIpc) is 3.03. The Bertz CT molecular complexity index is 1850. The van der Waals surface area contributed by atoms with Crippen LogP contribution in [0.2, 0.25) is 0 Å². The highest BCUT2D eigenvalue weighted by molar-refractivity contribution is 9.10. The van der Waals surface area contributed by atoms with E-state index in [2.05, 4.69) is 164 Å². The van der Waals surface area contributed by atoms with Gasteiger partial charge < -0.3 is 0 Å². The lowest BCUT2D eigenvalue weighted by Gasteiger charge is -2.13. The van der Waals surface area contributed by atoms with E-state index in [0.29, 0.717) is 17.5 Å². The smallest absolute Gasteiger partial charge is 0.164 e. The Morgan fingerprint density at radius 1 is 0.457 bits per heavy atom. The van der Waals surface area contributed by atoms with Crippen molar-refractivity contribution in [3.8, 4) is 56.4 Å². The fourth-order valence-electron chi connectivity index (χ4n) is 6.27. The molecule has 0 radical (unpaired) electrons. The van der Waals surface area contributed by atoms with Gasteiger partial charge in [-0.25, -0.2) is 15.0 Å². The van der Waals surface area contributed by atoms with Gasteiger partial charge in [-0.05, 0) is 115 Å². The molecular formula is C41H37Br2N3. The van der Waals surface area contributed by atoms with Crippen molar-refractivity contribution in [1.82, 2.24) is 15.0 Å². The molecule has 0 aliphatic heterocycles. The Morgan fingerprint density at radius 3 is 1.09 bits per heavy atom. The van der Waals surface area contributed by atoms with Gasteiger partial charge >= 0.3 is 0 Å². The molecule has 1 heterocycles. The van der Waals surface area contributed by atoms with Gasteiger partial charge in [0.1, 0.15) is 0 Å². The van der Waals surface area contributed by atoms with E-state index in [1.807, 2.05) is 0 Å². The molecule has 3 nitrogen and oxygen atoms in total. The maximum atomic E-state index is 5.02. The fourth-order valence-corrected chi connectivity index (χ4v) is 7.64. The van der Waals surface area contributed by atoms with Crippen LogP contribution in [-0.2, 0) is 6.42 Å². The van der Waals surface area contributed by atoms with Crippen molar-refractivity contribution >= 4 is 31.9 Å². The zero-order chi connectivity index (χ0) is 32.4. The summed E-state index contributed by atoms with van der Waals surface area (Å²) in [5, 5.41) is 0. The Hall–Kier alpha value is -3.93. The van der Waals surface area contributed by atoms with Gasteiger partial charge in [0.25, 0.3) is 0 Å². The Morgan fingerprint density at radius 2 is 0.761 bits per heavy atom. The first-order chi connectivity index (χ1) is 22.2. The van der Waals surface area contributed by atoms with Crippen molar-refractivity contribution in [3.63, 3.8) is 0 Å². The number of hydrogen-bond donors (Lipinski definition) is 0. The molecule has 46 heavy (non-hydrogen) atoms. The summed E-state index contributed by atoms with van der Waals surface area (Å²) in [6.45, 7) is 10.9. The number of rotatable bonds is 8. The first kappa shape index (κ1) is 32.0. The van der Waals surface area contributed by atoms with Crippen molar-refractivity contribution in [2.24, 2.45) is 0 Å². The summed E-state index contributed by atoms with van der Waals surface area (Å²) >= 11 is 7.26. The standard InChI is InChI=1S/C41H37Br2N3/c1-6-7-8-29-9-11-32(12-10-29)39-44-40(33-17-13-30(14-18-33)37-25(2)21-35(42)22-26(37)3)46-41(45-39)34-19-15-31(16-20-34)38-27(4)23-36(43)24-28(38)5/h9-24H,6-8H2,1-5H3. The van der Waals surface area contributed by atoms with Gasteiger partial charge in [-0.1, -0.05) is 118 Å². The molecule has 0 saturated heterocycles. The maximum absolute atomic E-state index is 5.02. The lowest BCUT2D eigenvalue weighted by Crippen LogP contribution is -2.00. The summed E-state index contributed by atoms with van der Waals surface area (Å²) in [5.74, 6) is 2.00. The normalized spacial score (nSPS) is 11.2. The lowest BCUT2D eigenvalue weighted by molar-refractivity contribution is 0.795. The minimum atomic E-state index is 0.662. The van der Waals surface area contributed by atoms with Gasteiger partial charge in [0.05, 0.1) is 0 Å². The van der Waals surface area contributed by atoms with E-state index in [4.69, 9.17) is 15.0 Å². The molecule has 1 aromatic heterocycles. The van der Waals surface area contributed by atoms with Crippen LogP contribution in [0.4, 0.5) is 0 Å². The van der Waals surface area contributed by atoms with Gasteiger partial charge in [0, 0.05) is 25.6 Å². The van der Waals surface area contributed by atoms with Gasteiger partial charge in [-0.3, -0.25) is 0 Å². The molecule has 0 saturated carbocycles. The van der Waals surface area contributed by atoms with Gasteiger partial charge in [0.15, 0.2) is 17.5 Å². The molecule has 0 N–H and O–H groups in total. The number of nitrogens with zero attached hydrogens (tertiary/aromatic N) is 3. The van der Waals surface area contributed by atoms with E-state index in [9.17, 15) is 0 Å². The summed E-state index contributed by atoms with van der Waals surface area (Å²) in [7, 11) is 0. The number of hydrogen-bond acceptors (Lipinski definition) is 3. The molecule has 0 fully saturated rings. The monoisotopic (exact) mass is 729 g/mol. The molecular weight excluding hydrogens is 694 g/mol. The minimum Gasteiger partial charge on any atom is -0.208 e. The van der Waals surface area contributed by atoms with Gasteiger partial charge in [-0.2, -0.15) is 0 Å². The van der Waals surface area contributed by atoms with Crippen molar-refractivity contribution in [1.29, 1.82) is 0 Å². The van der Waals surface area contributed by atoms with Crippen LogP contribution in [-0.4, -0.2) is 15.0 Å². The van der Waals surface area contributed by atoms with E-state index >= 15 is 0 Å². The highest BCUT2D eigenvalue weighted by Crippen LogP contribution is 2.34. The first-order valence-electron chi connectivity index (χ1n) is 15.8. The topological polar surface area (TPSA) is 38.7 Å². The number of aryl methyl sites for hydroxylation is 5. The molecule has 230 valence electrons. The molecule has 0 spiro atoms. The lowest BCUT2D eigenvalue weighted by atomic mass is 9.95. The van der Waals surface area contributed by atoms with E-state index in [1.165, 1.54) is 62.9 Å². The number of halogens is 2. The zero-order valence-electron chi connectivity index (χ0n) is 27.0. The quantitative estimate of drug-likeness (QED) is 0.156. The van der Waals surface area contributed by atoms with Gasteiger partial charge in [0.2, 0.25) is 0 Å². The fraction of sp³-hybridized carbons (Fsp3) is 0.195. The molecule has 5 heteroatoms. The molecule has 0 unspecified atom stereocenters. The van der Waals surface area contributed by atoms with Crippen molar-refractivity contribution in [3.05, 3.63) is 134 Å². The highest BCUT2D eigenvalue weighted by Gasteiger charge is 2.15. The first-order valence-corrected chi connectivity index (χ1v) is 17.4. The number of aromatic nitrogens is 3. The molecule has 6 aromatic rings. The summed E-state index contributed by atoms with van der Waals surface area (Å²) in [5.41, 5.74) is 14.1. The van der Waals surface area contributed by atoms with Gasteiger partial charge in [-0.15, -0.1) is 0 Å². The molecule has 0 bridgehead atoms. The summed E-state index contributed by atoms with van der Waals surface area (Å²) < 4.78 is 2.20. The van der Waals surface area contributed by atoms with Crippen LogP contribution in [0.25, 0.3) is 56.4 Å². The van der Waals surface area contributed by atoms with Crippen LogP contribution in [0.15, 0.2) is 106 Å². The van der Waals surface area contributed by atoms with Crippen molar-refractivity contribution < 1.29 is 0 Å². The zero-order valence-corrected chi connectivity index (χ0v) is 30.1. The van der Waals surface area contributed by atoms with Crippen molar-refractivity contribution in [2.45, 2.75) is 53.9 Å². The molecule has 0 aliphatic rings. The largest absolute Gasteiger partial charge is 0.208 e. The van der Waals surface area contributed by atoms with Crippen molar-refractivity contribution in [2.75, 3.05) is 0 Å². The Kier molecular flexibility index (Phi) is 9.62. The minimum absolute atomic E-state index is 0.662. The SMILES string of the molecule is CCCCc1ccc(-c2nc(-c3ccc(-c4c(C)cc(Br)cc4C)cc3)nc(-c3ccc(-c4c(C)cc(Br)cc4C)cc3)n2)cc1. The molecule has 6 rings (SSSR count). The second kappa shape index (κ2) is 13.8. The third-order valence-corrected chi connectivity index (χ3v) is 9.44. The molecule has 0 aliphatic carbocycles. The maximum Gasteiger partial charge on any atom is 0.164 e. The predicted molar refractivity (Wildman–Crippen MR) is 200 cm³/mol.